The molecule has 0 aliphatic heterocycles. The molecule has 0 aromatic carbocycles. The molecule has 0 amide bonds. The number of ketones is 1. The minimum atomic E-state index is 0.173. The molecule has 0 rings (SSSR count). The Bertz CT molecular complexity index is 133. The fourth-order valence-electron chi connectivity index (χ4n) is 1.03. The lowest BCUT2D eigenvalue weighted by Crippen LogP contribution is -2.34. The van der Waals surface area contributed by atoms with E-state index in [-0.39, 0.29) is 5.78 Å². The van der Waals surface area contributed by atoms with Gasteiger partial charge in [0.25, 0.3) is 0 Å². The van der Waals surface area contributed by atoms with Crippen molar-refractivity contribution in [3.63, 3.8) is 0 Å². The predicted molar refractivity (Wildman–Crippen MR) is 84.9 cm³/mol. The largest absolute Gasteiger partial charge is 0.383 e. The third-order valence-electron chi connectivity index (χ3n) is 1.67. The second-order valence-corrected chi connectivity index (χ2v) is 2.96. The van der Waals surface area contributed by atoms with E-state index in [1.54, 1.807) is 21.1 Å². The van der Waals surface area contributed by atoms with Crippen LogP contribution in [0.3, 0.4) is 0 Å². The monoisotopic (exact) mass is 279 g/mol. The average molecular weight is 279 g/mol. The van der Waals surface area contributed by atoms with Gasteiger partial charge in [0.1, 0.15) is 5.78 Å². The van der Waals surface area contributed by atoms with Crippen molar-refractivity contribution in [1.82, 2.24) is 4.90 Å². The van der Waals surface area contributed by atoms with Crippen molar-refractivity contribution >= 4 is 5.78 Å². The van der Waals surface area contributed by atoms with Crippen LogP contribution in [0.5, 0.6) is 0 Å². The highest BCUT2D eigenvalue weighted by molar-refractivity contribution is 5.77. The van der Waals surface area contributed by atoms with Crippen molar-refractivity contribution in [2.75, 3.05) is 47.1 Å². The van der Waals surface area contributed by atoms with Crippen LogP contribution in [0.15, 0.2) is 0 Å². The number of ether oxygens (including phenoxy) is 2. The zero-order valence-electron chi connectivity index (χ0n) is 14.7. The number of carbonyl (C=O) groups excluding carboxylic acids is 1. The van der Waals surface area contributed by atoms with Crippen LogP contribution >= 0.6 is 0 Å². The molecule has 120 valence electrons. The second kappa shape index (κ2) is 30.5. The van der Waals surface area contributed by atoms with Gasteiger partial charge in [-0.2, -0.15) is 0 Å². The fraction of sp³-hybridized carbons (Fsp3) is 0.933. The molecule has 0 saturated heterocycles. The number of methoxy groups -OCH3 is 2. The number of rotatable bonds is 8. The molecular formula is C15H37NO3. The molecule has 0 aromatic rings. The first-order valence-electron chi connectivity index (χ1n) is 7.40. The van der Waals surface area contributed by atoms with E-state index >= 15 is 0 Å². The summed E-state index contributed by atoms with van der Waals surface area (Å²) in [6.45, 7) is 16.9. The summed E-state index contributed by atoms with van der Waals surface area (Å²) >= 11 is 0. The van der Waals surface area contributed by atoms with Crippen LogP contribution in [0.25, 0.3) is 0 Å². The summed E-state index contributed by atoms with van der Waals surface area (Å²) < 4.78 is 9.88. The molecule has 0 radical (unpaired) electrons. The lowest BCUT2D eigenvalue weighted by molar-refractivity contribution is -0.118. The molecule has 0 saturated carbocycles. The fourth-order valence-corrected chi connectivity index (χ4v) is 1.03. The van der Waals surface area contributed by atoms with Crippen LogP contribution in [0.4, 0.5) is 0 Å². The number of Topliss-reactive ketones (excluding diaryl/α,β-unsaturated/α-hetero) is 1. The van der Waals surface area contributed by atoms with Crippen molar-refractivity contribution in [3.8, 4) is 0 Å². The van der Waals surface area contributed by atoms with Crippen molar-refractivity contribution in [2.24, 2.45) is 0 Å². The van der Waals surface area contributed by atoms with Crippen LogP contribution < -0.4 is 0 Å². The SMILES string of the molecule is CC.CC.CC.COCCN(CCOC)CC(C)=O. The van der Waals surface area contributed by atoms with Gasteiger partial charge in [-0.25, -0.2) is 0 Å². The summed E-state index contributed by atoms with van der Waals surface area (Å²) in [4.78, 5) is 12.9. The molecule has 0 N–H and O–H groups in total. The molecule has 0 fully saturated rings. The zero-order valence-corrected chi connectivity index (χ0v) is 14.7. The number of nitrogens with zero attached hydrogens (tertiary/aromatic N) is 1. The minimum absolute atomic E-state index is 0.173. The Hall–Kier alpha value is -0.450. The maximum absolute atomic E-state index is 10.9. The topological polar surface area (TPSA) is 38.8 Å². The molecule has 0 atom stereocenters. The Balaban J connectivity index is -0.000000163. The van der Waals surface area contributed by atoms with Crippen LogP contribution in [0.2, 0.25) is 0 Å². The maximum Gasteiger partial charge on any atom is 0.143 e. The van der Waals surface area contributed by atoms with Gasteiger partial charge < -0.3 is 9.47 Å². The average Bonchev–Trinajstić information content (AvgIpc) is 2.48. The zero-order chi connectivity index (χ0) is 16.1. The smallest absolute Gasteiger partial charge is 0.143 e. The van der Waals surface area contributed by atoms with Gasteiger partial charge in [0.05, 0.1) is 19.8 Å². The standard InChI is InChI=1S/C9H19NO3.3C2H6/c1-9(11)8-10(4-6-12-2)5-7-13-3;3*1-2/h4-8H2,1-3H3;3*1-2H3. The van der Waals surface area contributed by atoms with Gasteiger partial charge in [-0.3, -0.25) is 9.69 Å². The molecule has 0 aromatic heterocycles. The number of hydrogen-bond donors (Lipinski definition) is 0. The summed E-state index contributed by atoms with van der Waals surface area (Å²) in [5.74, 6) is 0.173. The van der Waals surface area contributed by atoms with E-state index in [1.165, 1.54) is 0 Å². The molecular weight excluding hydrogens is 242 g/mol. The Labute approximate surface area is 121 Å². The highest BCUT2D eigenvalue weighted by Gasteiger charge is 2.06. The van der Waals surface area contributed by atoms with E-state index < -0.39 is 0 Å². The first-order chi connectivity index (χ1) is 9.20. The van der Waals surface area contributed by atoms with Crippen molar-refractivity contribution in [1.29, 1.82) is 0 Å². The van der Waals surface area contributed by atoms with E-state index in [9.17, 15) is 4.79 Å². The van der Waals surface area contributed by atoms with Gasteiger partial charge in [-0.15, -0.1) is 0 Å². The summed E-state index contributed by atoms with van der Waals surface area (Å²) in [7, 11) is 3.31. The highest BCUT2D eigenvalue weighted by Crippen LogP contribution is 1.89. The summed E-state index contributed by atoms with van der Waals surface area (Å²) in [5, 5.41) is 0. The number of carbonyl (C=O) groups is 1. The van der Waals surface area contributed by atoms with Gasteiger partial charge >= 0.3 is 0 Å². The molecule has 0 aliphatic carbocycles. The summed E-state index contributed by atoms with van der Waals surface area (Å²) in [6, 6.07) is 0. The first kappa shape index (κ1) is 27.0. The van der Waals surface area contributed by atoms with E-state index in [0.717, 1.165) is 13.1 Å². The Morgan fingerprint density at radius 1 is 0.842 bits per heavy atom. The molecule has 4 nitrogen and oxygen atoms in total. The van der Waals surface area contributed by atoms with E-state index in [0.29, 0.717) is 19.8 Å². The predicted octanol–water partition coefficient (Wildman–Crippen LogP) is 3.25. The quantitative estimate of drug-likeness (QED) is 0.683. The van der Waals surface area contributed by atoms with Crippen molar-refractivity contribution in [2.45, 2.75) is 48.5 Å². The normalized spacial score (nSPS) is 8.32. The van der Waals surface area contributed by atoms with Gasteiger partial charge in [-0.05, 0) is 6.92 Å². The third kappa shape index (κ3) is 31.8. The Morgan fingerprint density at radius 3 is 1.37 bits per heavy atom. The van der Waals surface area contributed by atoms with E-state index in [4.69, 9.17) is 9.47 Å². The molecule has 0 spiro atoms. The lowest BCUT2D eigenvalue weighted by Gasteiger charge is -2.19. The molecule has 0 aliphatic rings. The Kier molecular flexibility index (Phi) is 43.4. The first-order valence-corrected chi connectivity index (χ1v) is 7.40. The van der Waals surface area contributed by atoms with Crippen LogP contribution in [0.1, 0.15) is 48.5 Å². The molecule has 0 heterocycles. The van der Waals surface area contributed by atoms with Gasteiger partial charge in [0.2, 0.25) is 0 Å². The van der Waals surface area contributed by atoms with Gasteiger partial charge in [0, 0.05) is 27.3 Å². The van der Waals surface area contributed by atoms with Crippen LogP contribution in [-0.2, 0) is 14.3 Å². The highest BCUT2D eigenvalue weighted by atomic mass is 16.5. The van der Waals surface area contributed by atoms with E-state index in [1.807, 2.05) is 46.4 Å². The maximum atomic E-state index is 10.9. The third-order valence-corrected chi connectivity index (χ3v) is 1.67. The number of hydrogen-bond acceptors (Lipinski definition) is 4. The van der Waals surface area contributed by atoms with Crippen LogP contribution in [-0.4, -0.2) is 57.8 Å². The second-order valence-electron chi connectivity index (χ2n) is 2.96. The summed E-state index contributed by atoms with van der Waals surface area (Å²) in [6.07, 6.45) is 0. The lowest BCUT2D eigenvalue weighted by atomic mass is 10.4. The molecule has 0 bridgehead atoms. The molecule has 19 heavy (non-hydrogen) atoms. The van der Waals surface area contributed by atoms with Gasteiger partial charge in [-0.1, -0.05) is 41.5 Å². The van der Waals surface area contributed by atoms with Crippen molar-refractivity contribution in [3.05, 3.63) is 0 Å². The molecule has 4 heteroatoms. The van der Waals surface area contributed by atoms with E-state index in [2.05, 4.69) is 0 Å². The van der Waals surface area contributed by atoms with Gasteiger partial charge in [0.15, 0.2) is 0 Å². The van der Waals surface area contributed by atoms with Crippen LogP contribution in [0, 0.1) is 0 Å². The van der Waals surface area contributed by atoms with Crippen molar-refractivity contribution < 1.29 is 14.3 Å². The summed E-state index contributed by atoms with van der Waals surface area (Å²) in [5.41, 5.74) is 0. The molecule has 0 unspecified atom stereocenters. The Morgan fingerprint density at radius 2 is 1.16 bits per heavy atom. The minimum Gasteiger partial charge on any atom is -0.383 e.